The monoisotopic (exact) mass is 251 g/mol. The summed E-state index contributed by atoms with van der Waals surface area (Å²) in [5, 5.41) is 3.53. The lowest BCUT2D eigenvalue weighted by Crippen LogP contribution is -1.81. The molecule has 0 bridgehead atoms. The van der Waals surface area contributed by atoms with Crippen LogP contribution in [0.5, 0.6) is 5.75 Å². The number of ether oxygens (including phenoxy) is 1. The molecule has 0 saturated heterocycles. The average Bonchev–Trinajstić information content (AvgIpc) is 2.47. The van der Waals surface area contributed by atoms with Crippen molar-refractivity contribution in [3.05, 3.63) is 70.1 Å². The molecule has 0 spiro atoms. The van der Waals surface area contributed by atoms with Crippen LogP contribution in [0.15, 0.2) is 53.6 Å². The molecule has 0 atom stereocenters. The van der Waals surface area contributed by atoms with Gasteiger partial charge in [0.1, 0.15) is 5.75 Å². The highest BCUT2D eigenvalue weighted by molar-refractivity contribution is 5.70. The maximum atomic E-state index is 8.32. The van der Waals surface area contributed by atoms with Crippen LogP contribution >= 0.6 is 0 Å². The zero-order chi connectivity index (χ0) is 13.5. The molecule has 0 unspecified atom stereocenters. The number of nitrogens with zero attached hydrogens (tertiary/aromatic N) is 3. The highest BCUT2D eigenvalue weighted by atomic mass is 16.5. The van der Waals surface area contributed by atoms with Gasteiger partial charge in [0.15, 0.2) is 0 Å². The second kappa shape index (κ2) is 6.28. The standard InChI is InChI=1S/C15H13N3O/c1-19-15-10-6-13(7-11-15)3-2-12-4-8-14(9-5-12)17-18-16/h2-11H,1H3/b3-2+. The Balaban J connectivity index is 2.10. The van der Waals surface area contributed by atoms with Gasteiger partial charge in [-0.25, -0.2) is 0 Å². The van der Waals surface area contributed by atoms with E-state index in [0.29, 0.717) is 5.69 Å². The molecule has 2 rings (SSSR count). The van der Waals surface area contributed by atoms with Gasteiger partial charge in [0.05, 0.1) is 7.11 Å². The summed E-state index contributed by atoms with van der Waals surface area (Å²) in [4.78, 5) is 2.74. The van der Waals surface area contributed by atoms with E-state index < -0.39 is 0 Å². The third kappa shape index (κ3) is 3.63. The number of hydrogen-bond donors (Lipinski definition) is 0. The normalized spacial score (nSPS) is 10.2. The van der Waals surface area contributed by atoms with E-state index in [1.807, 2.05) is 48.6 Å². The maximum absolute atomic E-state index is 8.32. The van der Waals surface area contributed by atoms with E-state index in [0.717, 1.165) is 16.9 Å². The summed E-state index contributed by atoms with van der Waals surface area (Å²) in [7, 11) is 1.65. The van der Waals surface area contributed by atoms with E-state index in [-0.39, 0.29) is 0 Å². The number of benzene rings is 2. The molecular weight excluding hydrogens is 238 g/mol. The third-order valence-electron chi connectivity index (χ3n) is 2.64. The van der Waals surface area contributed by atoms with Gasteiger partial charge in [0.2, 0.25) is 0 Å². The molecular formula is C15H13N3O. The van der Waals surface area contributed by atoms with Gasteiger partial charge >= 0.3 is 0 Å². The van der Waals surface area contributed by atoms with Gasteiger partial charge in [-0.1, -0.05) is 53.7 Å². The van der Waals surface area contributed by atoms with Crippen molar-refractivity contribution in [1.29, 1.82) is 0 Å². The number of azide groups is 1. The molecule has 0 saturated carbocycles. The zero-order valence-corrected chi connectivity index (χ0v) is 10.5. The van der Waals surface area contributed by atoms with Crippen molar-refractivity contribution in [3.8, 4) is 5.75 Å². The van der Waals surface area contributed by atoms with Crippen LogP contribution in [0, 0.1) is 0 Å². The Bertz CT molecular complexity index is 609. The Morgan fingerprint density at radius 2 is 1.47 bits per heavy atom. The fourth-order valence-electron chi connectivity index (χ4n) is 1.61. The minimum absolute atomic E-state index is 0.615. The predicted octanol–water partition coefficient (Wildman–Crippen LogP) is 4.81. The van der Waals surface area contributed by atoms with Crippen LogP contribution in [0.4, 0.5) is 5.69 Å². The Morgan fingerprint density at radius 3 is 1.95 bits per heavy atom. The molecule has 0 aliphatic rings. The van der Waals surface area contributed by atoms with Gasteiger partial charge in [0.25, 0.3) is 0 Å². The summed E-state index contributed by atoms with van der Waals surface area (Å²) in [5.74, 6) is 0.843. The lowest BCUT2D eigenvalue weighted by molar-refractivity contribution is 0.415. The zero-order valence-electron chi connectivity index (χ0n) is 10.5. The molecule has 4 heteroatoms. The van der Waals surface area contributed by atoms with Gasteiger partial charge in [-0.3, -0.25) is 0 Å². The molecule has 0 aromatic heterocycles. The molecule has 0 aliphatic heterocycles. The van der Waals surface area contributed by atoms with E-state index in [1.54, 1.807) is 19.2 Å². The molecule has 0 N–H and O–H groups in total. The fourth-order valence-corrected chi connectivity index (χ4v) is 1.61. The molecule has 0 fully saturated rings. The van der Waals surface area contributed by atoms with Crippen LogP contribution in [0.2, 0.25) is 0 Å². The SMILES string of the molecule is COc1ccc(/C=C/c2ccc(N=[N+]=[N-])cc2)cc1. The fraction of sp³-hybridized carbons (Fsp3) is 0.0667. The summed E-state index contributed by atoms with van der Waals surface area (Å²) in [6.07, 6.45) is 4.02. The molecule has 0 amide bonds. The highest BCUT2D eigenvalue weighted by Gasteiger charge is 1.91. The van der Waals surface area contributed by atoms with Crippen molar-refractivity contribution in [3.63, 3.8) is 0 Å². The van der Waals surface area contributed by atoms with Crippen LogP contribution in [0.25, 0.3) is 22.6 Å². The van der Waals surface area contributed by atoms with Gasteiger partial charge in [-0.15, -0.1) is 0 Å². The number of hydrogen-bond acceptors (Lipinski definition) is 2. The van der Waals surface area contributed by atoms with Gasteiger partial charge in [-0.2, -0.15) is 0 Å². The highest BCUT2D eigenvalue weighted by Crippen LogP contribution is 2.16. The van der Waals surface area contributed by atoms with Crippen LogP contribution in [0.3, 0.4) is 0 Å². The summed E-state index contributed by atoms with van der Waals surface area (Å²) < 4.78 is 5.10. The summed E-state index contributed by atoms with van der Waals surface area (Å²) >= 11 is 0. The van der Waals surface area contributed by atoms with Crippen LogP contribution in [-0.2, 0) is 0 Å². The third-order valence-corrected chi connectivity index (χ3v) is 2.64. The predicted molar refractivity (Wildman–Crippen MR) is 77.2 cm³/mol. The van der Waals surface area contributed by atoms with Crippen LogP contribution in [-0.4, -0.2) is 7.11 Å². The van der Waals surface area contributed by atoms with Gasteiger partial charge in [-0.05, 0) is 28.8 Å². The van der Waals surface area contributed by atoms with E-state index in [9.17, 15) is 0 Å². The first kappa shape index (κ1) is 12.7. The molecule has 2 aromatic rings. The molecule has 19 heavy (non-hydrogen) atoms. The first-order valence-corrected chi connectivity index (χ1v) is 5.79. The van der Waals surface area contributed by atoms with E-state index >= 15 is 0 Å². The van der Waals surface area contributed by atoms with Gasteiger partial charge in [0, 0.05) is 10.6 Å². The molecule has 0 aliphatic carbocycles. The van der Waals surface area contributed by atoms with Crippen molar-refractivity contribution >= 4 is 17.8 Å². The summed E-state index contributed by atoms with van der Waals surface area (Å²) in [5.41, 5.74) is 11.1. The number of rotatable bonds is 4. The Labute approximate surface area is 111 Å². The maximum Gasteiger partial charge on any atom is 0.118 e. The minimum atomic E-state index is 0.615. The molecule has 4 nitrogen and oxygen atoms in total. The van der Waals surface area contributed by atoms with Gasteiger partial charge < -0.3 is 4.74 Å². The van der Waals surface area contributed by atoms with E-state index in [2.05, 4.69) is 10.0 Å². The first-order valence-electron chi connectivity index (χ1n) is 5.79. The van der Waals surface area contributed by atoms with Crippen molar-refractivity contribution in [2.24, 2.45) is 5.11 Å². The second-order valence-corrected chi connectivity index (χ2v) is 3.89. The Kier molecular flexibility index (Phi) is 4.21. The Morgan fingerprint density at radius 1 is 0.947 bits per heavy atom. The quantitative estimate of drug-likeness (QED) is 0.333. The van der Waals surface area contributed by atoms with Crippen molar-refractivity contribution in [2.75, 3.05) is 7.11 Å². The van der Waals surface area contributed by atoms with Crippen molar-refractivity contribution in [2.45, 2.75) is 0 Å². The van der Waals surface area contributed by atoms with Crippen molar-refractivity contribution in [1.82, 2.24) is 0 Å². The molecule has 0 heterocycles. The average molecular weight is 251 g/mol. The first-order chi connectivity index (χ1) is 9.31. The smallest absolute Gasteiger partial charge is 0.118 e. The lowest BCUT2D eigenvalue weighted by Gasteiger charge is -1.99. The summed E-state index contributed by atoms with van der Waals surface area (Å²) in [6.45, 7) is 0. The topological polar surface area (TPSA) is 58.0 Å². The van der Waals surface area contributed by atoms with Crippen LogP contribution in [0.1, 0.15) is 11.1 Å². The second-order valence-electron chi connectivity index (χ2n) is 3.89. The lowest BCUT2D eigenvalue weighted by atomic mass is 10.1. The molecule has 2 aromatic carbocycles. The summed E-state index contributed by atoms with van der Waals surface area (Å²) in [6, 6.07) is 15.2. The largest absolute Gasteiger partial charge is 0.497 e. The molecule has 94 valence electrons. The van der Waals surface area contributed by atoms with Crippen molar-refractivity contribution < 1.29 is 4.74 Å². The molecule has 0 radical (unpaired) electrons. The van der Waals surface area contributed by atoms with E-state index in [4.69, 9.17) is 10.3 Å². The van der Waals surface area contributed by atoms with Crippen LogP contribution < -0.4 is 4.74 Å². The van der Waals surface area contributed by atoms with E-state index in [1.165, 1.54) is 0 Å². The Hall–Kier alpha value is -2.71. The minimum Gasteiger partial charge on any atom is -0.497 e. The number of methoxy groups -OCH3 is 1.